The molecule has 1 heterocycles. The van der Waals surface area contributed by atoms with Crippen LogP contribution >= 0.6 is 0 Å². The van der Waals surface area contributed by atoms with Crippen LogP contribution < -0.4 is 10.7 Å². The number of aldehydes is 1. The first-order valence-electron chi connectivity index (χ1n) is 11.5. The molecule has 0 aromatic carbocycles. The monoisotopic (exact) mass is 470 g/mol. The number of nitrogens with zero attached hydrogens (tertiary/aromatic N) is 2. The van der Waals surface area contributed by atoms with Gasteiger partial charge in [-0.2, -0.15) is 5.10 Å². The first-order chi connectivity index (χ1) is 15.9. The summed E-state index contributed by atoms with van der Waals surface area (Å²) < 4.78 is 16.8. The normalized spacial score (nSPS) is 17.9. The topological polar surface area (TPSA) is 136 Å². The predicted molar refractivity (Wildman–Crippen MR) is 121 cm³/mol. The summed E-state index contributed by atoms with van der Waals surface area (Å²) >= 11 is 0. The Bertz CT molecular complexity index is 643. The Morgan fingerprint density at radius 2 is 1.85 bits per heavy atom. The molecule has 0 aromatic rings. The molecule has 1 saturated heterocycles. The predicted octanol–water partition coefficient (Wildman–Crippen LogP) is 1.11. The van der Waals surface area contributed by atoms with Crippen LogP contribution in [0.3, 0.4) is 0 Å². The van der Waals surface area contributed by atoms with Crippen LogP contribution in [-0.2, 0) is 33.4 Å². The molecule has 0 bridgehead atoms. The average Bonchev–Trinajstić information content (AvgIpc) is 3.15. The zero-order valence-electron chi connectivity index (χ0n) is 20.1. The fourth-order valence-corrected chi connectivity index (χ4v) is 3.08. The second kappa shape index (κ2) is 16.4. The summed E-state index contributed by atoms with van der Waals surface area (Å²) in [5.41, 5.74) is 2.76. The average molecular weight is 471 g/mol. The smallest absolute Gasteiger partial charge is 0.236 e. The Balaban J connectivity index is 2.37. The zero-order valence-corrected chi connectivity index (χ0v) is 20.1. The van der Waals surface area contributed by atoms with Crippen molar-refractivity contribution in [3.05, 3.63) is 0 Å². The van der Waals surface area contributed by atoms with Crippen LogP contribution in [0.25, 0.3) is 0 Å². The van der Waals surface area contributed by atoms with Crippen molar-refractivity contribution < 1.29 is 33.4 Å². The molecule has 1 aliphatic rings. The van der Waals surface area contributed by atoms with E-state index in [1.807, 2.05) is 6.92 Å². The molecule has 11 heteroatoms. The van der Waals surface area contributed by atoms with Crippen LogP contribution in [0, 0.1) is 0 Å². The molecule has 1 fully saturated rings. The van der Waals surface area contributed by atoms with Gasteiger partial charge in [-0.25, -0.2) is 4.90 Å². The van der Waals surface area contributed by atoms with Crippen molar-refractivity contribution in [3.63, 3.8) is 0 Å². The summed E-state index contributed by atoms with van der Waals surface area (Å²) in [4.78, 5) is 47.3. The molecule has 0 radical (unpaired) electrons. The maximum absolute atomic E-state index is 12.0. The molecule has 0 unspecified atom stereocenters. The Hall–Kier alpha value is -2.21. The Labute approximate surface area is 195 Å². The maximum atomic E-state index is 12.0. The maximum Gasteiger partial charge on any atom is 0.236 e. The molecule has 33 heavy (non-hydrogen) atoms. The van der Waals surface area contributed by atoms with E-state index in [9.17, 15) is 19.2 Å². The quantitative estimate of drug-likeness (QED) is 0.0754. The van der Waals surface area contributed by atoms with E-state index >= 15 is 0 Å². The molecule has 188 valence electrons. The molecule has 0 aromatic heterocycles. The van der Waals surface area contributed by atoms with Gasteiger partial charge in [0.2, 0.25) is 17.7 Å². The summed E-state index contributed by atoms with van der Waals surface area (Å²) in [7, 11) is 1.45. The number of unbranched alkanes of at least 4 members (excludes halogenated alkanes) is 1. The number of hydrogen-bond donors (Lipinski definition) is 2. The van der Waals surface area contributed by atoms with Gasteiger partial charge in [0.05, 0.1) is 12.3 Å². The molecule has 11 nitrogen and oxygen atoms in total. The summed E-state index contributed by atoms with van der Waals surface area (Å²) in [6.07, 6.45) is 3.14. The van der Waals surface area contributed by atoms with E-state index in [-0.39, 0.29) is 25.5 Å². The van der Waals surface area contributed by atoms with Crippen molar-refractivity contribution in [2.24, 2.45) is 5.10 Å². The van der Waals surface area contributed by atoms with E-state index in [0.29, 0.717) is 25.7 Å². The van der Waals surface area contributed by atoms with Crippen molar-refractivity contribution in [2.75, 3.05) is 20.2 Å². The number of ether oxygens (including phenoxy) is 3. The highest BCUT2D eigenvalue weighted by molar-refractivity contribution is 6.14. The second-order valence-electron chi connectivity index (χ2n) is 7.69. The van der Waals surface area contributed by atoms with Crippen molar-refractivity contribution in [1.82, 2.24) is 15.6 Å². The first kappa shape index (κ1) is 28.8. The lowest BCUT2D eigenvalue weighted by atomic mass is 10.2. The minimum absolute atomic E-state index is 0.0600. The van der Waals surface area contributed by atoms with Gasteiger partial charge in [-0.15, -0.1) is 0 Å². The lowest BCUT2D eigenvalue weighted by Crippen LogP contribution is -2.42. The Morgan fingerprint density at radius 1 is 1.15 bits per heavy atom. The van der Waals surface area contributed by atoms with Gasteiger partial charge in [0.25, 0.3) is 0 Å². The van der Waals surface area contributed by atoms with Gasteiger partial charge in [-0.05, 0) is 32.7 Å². The van der Waals surface area contributed by atoms with Crippen LogP contribution in [0.15, 0.2) is 5.10 Å². The third-order valence-electron chi connectivity index (χ3n) is 5.04. The van der Waals surface area contributed by atoms with Crippen LogP contribution in [0.5, 0.6) is 0 Å². The van der Waals surface area contributed by atoms with Crippen LogP contribution in [0.2, 0.25) is 0 Å². The summed E-state index contributed by atoms with van der Waals surface area (Å²) in [6, 6.07) is 0. The molecule has 0 spiro atoms. The molecular formula is C22H38N4O7. The molecule has 1 aliphatic heterocycles. The highest BCUT2D eigenvalue weighted by Gasteiger charge is 2.33. The summed E-state index contributed by atoms with van der Waals surface area (Å²) in [5.74, 6) is -1.37. The van der Waals surface area contributed by atoms with Gasteiger partial charge >= 0.3 is 0 Å². The summed E-state index contributed by atoms with van der Waals surface area (Å²) in [6.45, 7) is 6.96. The minimum atomic E-state index is -0.812. The Kier molecular flexibility index (Phi) is 14.3. The highest BCUT2D eigenvalue weighted by atomic mass is 16.7. The third-order valence-corrected chi connectivity index (χ3v) is 5.04. The van der Waals surface area contributed by atoms with Crippen molar-refractivity contribution in [3.8, 4) is 0 Å². The van der Waals surface area contributed by atoms with Gasteiger partial charge in [-0.1, -0.05) is 20.3 Å². The number of carbonyl (C=O) groups excluding carboxylic acids is 4. The number of amides is 3. The first-order valence-corrected chi connectivity index (χ1v) is 11.5. The number of hydrazone groups is 1. The lowest BCUT2D eigenvalue weighted by molar-refractivity contribution is -0.166. The number of nitrogens with one attached hydrogen (secondary N) is 2. The standard InChI is InChI=1S/C22H38N4O7/c1-5-7-12-23-18(6-2)33-17(15-27)16(3)32-22(31-4)14-25-24-13-8-9-19(28)26-20(29)10-11-21(26)30/h14-18,22-24H,5-13H2,1-4H3/b25-14-/t16-,17+,18+,22-/m1/s1. The number of carbonyl (C=O) groups is 4. The number of hydrogen-bond acceptors (Lipinski definition) is 10. The van der Waals surface area contributed by atoms with E-state index in [1.54, 1.807) is 6.92 Å². The van der Waals surface area contributed by atoms with Crippen molar-refractivity contribution >= 4 is 30.2 Å². The van der Waals surface area contributed by atoms with Gasteiger partial charge in [0, 0.05) is 32.9 Å². The largest absolute Gasteiger partial charge is 0.351 e. The molecule has 3 amide bonds. The van der Waals surface area contributed by atoms with Crippen molar-refractivity contribution in [1.29, 1.82) is 0 Å². The Morgan fingerprint density at radius 3 is 2.42 bits per heavy atom. The van der Waals surface area contributed by atoms with E-state index in [1.165, 1.54) is 13.3 Å². The molecular weight excluding hydrogens is 432 g/mol. The number of imide groups is 3. The van der Waals surface area contributed by atoms with E-state index in [0.717, 1.165) is 24.3 Å². The van der Waals surface area contributed by atoms with Gasteiger partial charge in [-0.3, -0.25) is 19.7 Å². The molecule has 0 saturated carbocycles. The van der Waals surface area contributed by atoms with Crippen molar-refractivity contribution in [2.45, 2.75) is 90.4 Å². The van der Waals surface area contributed by atoms with Crippen LogP contribution in [0.4, 0.5) is 0 Å². The zero-order chi connectivity index (χ0) is 24.6. The van der Waals surface area contributed by atoms with Crippen LogP contribution in [0.1, 0.15) is 65.7 Å². The molecule has 1 rings (SSSR count). The second-order valence-corrected chi connectivity index (χ2v) is 7.69. The number of likely N-dealkylation sites (tertiary alicyclic amines) is 1. The van der Waals surface area contributed by atoms with E-state index in [4.69, 9.17) is 14.2 Å². The minimum Gasteiger partial charge on any atom is -0.351 e. The van der Waals surface area contributed by atoms with E-state index in [2.05, 4.69) is 22.8 Å². The lowest BCUT2D eigenvalue weighted by Gasteiger charge is -2.27. The number of rotatable bonds is 18. The van der Waals surface area contributed by atoms with Gasteiger partial charge in [0.1, 0.15) is 12.3 Å². The highest BCUT2D eigenvalue weighted by Crippen LogP contribution is 2.13. The fourth-order valence-electron chi connectivity index (χ4n) is 3.08. The molecule has 4 atom stereocenters. The SMILES string of the molecule is CCCCN[C@H](CC)O[C@@H](C=O)[C@@H](C)O[C@H](/C=N\NCCCC(=O)N1C(=O)CCC1=O)OC. The molecule has 0 aliphatic carbocycles. The molecule has 2 N–H and O–H groups in total. The van der Waals surface area contributed by atoms with Gasteiger partial charge in [0.15, 0.2) is 12.6 Å². The van der Waals surface area contributed by atoms with E-state index < -0.39 is 36.2 Å². The summed E-state index contributed by atoms with van der Waals surface area (Å²) in [5, 5.41) is 7.28. The van der Waals surface area contributed by atoms with Crippen LogP contribution in [-0.4, -0.2) is 80.0 Å². The van der Waals surface area contributed by atoms with Gasteiger partial charge < -0.3 is 24.4 Å². The third kappa shape index (κ3) is 10.5. The fraction of sp³-hybridized carbons (Fsp3) is 0.773. The number of methoxy groups -OCH3 is 1.